The first-order chi connectivity index (χ1) is 14.7. The lowest BCUT2D eigenvalue weighted by molar-refractivity contribution is -0.125. The Hall–Kier alpha value is -1.90. The van der Waals surface area contributed by atoms with Crippen molar-refractivity contribution >= 4 is 32.6 Å². The molecular formula is C22H32N4O3S. The van der Waals surface area contributed by atoms with Gasteiger partial charge in [-0.1, -0.05) is 11.3 Å². The molecule has 2 fully saturated rings. The number of piperidine rings is 1. The number of thiazole rings is 1. The lowest BCUT2D eigenvalue weighted by Crippen LogP contribution is -2.44. The summed E-state index contributed by atoms with van der Waals surface area (Å²) in [6.07, 6.45) is 2.96. The van der Waals surface area contributed by atoms with Crippen molar-refractivity contribution in [3.63, 3.8) is 0 Å². The SMILES string of the molecule is CCOc1ccc2nc(N3CCC[C@@H](C(=O)NCCCN4CCOCC4)C3)sc2c1. The molecule has 2 aliphatic rings. The van der Waals surface area contributed by atoms with Crippen molar-refractivity contribution in [1.82, 2.24) is 15.2 Å². The van der Waals surface area contributed by atoms with Gasteiger partial charge in [-0.2, -0.15) is 0 Å². The fourth-order valence-electron chi connectivity index (χ4n) is 4.13. The molecule has 4 rings (SSSR count). The first-order valence-electron chi connectivity index (χ1n) is 11.1. The van der Waals surface area contributed by atoms with Crippen molar-refractivity contribution in [3.8, 4) is 5.75 Å². The van der Waals surface area contributed by atoms with Crippen LogP contribution in [0.5, 0.6) is 5.75 Å². The minimum absolute atomic E-state index is 0.0353. The van der Waals surface area contributed by atoms with Crippen LogP contribution in [0.25, 0.3) is 10.2 Å². The largest absolute Gasteiger partial charge is 0.494 e. The Morgan fingerprint density at radius 3 is 3.03 bits per heavy atom. The summed E-state index contributed by atoms with van der Waals surface area (Å²) in [7, 11) is 0. The molecule has 164 valence electrons. The van der Waals surface area contributed by atoms with Crippen LogP contribution in [0.2, 0.25) is 0 Å². The van der Waals surface area contributed by atoms with Crippen molar-refractivity contribution in [2.45, 2.75) is 26.2 Å². The van der Waals surface area contributed by atoms with Crippen LogP contribution in [0.4, 0.5) is 5.13 Å². The van der Waals surface area contributed by atoms with E-state index in [1.807, 2.05) is 19.1 Å². The fourth-order valence-corrected chi connectivity index (χ4v) is 5.16. The normalized spacial score (nSPS) is 20.4. The van der Waals surface area contributed by atoms with Crippen molar-refractivity contribution in [3.05, 3.63) is 18.2 Å². The van der Waals surface area contributed by atoms with Crippen molar-refractivity contribution in [2.75, 3.05) is 64.0 Å². The van der Waals surface area contributed by atoms with Crippen LogP contribution in [-0.2, 0) is 9.53 Å². The number of rotatable bonds is 8. The third-order valence-corrected chi connectivity index (χ3v) is 6.86. The Kier molecular flexibility index (Phi) is 7.41. The molecule has 0 aliphatic carbocycles. The minimum Gasteiger partial charge on any atom is -0.494 e. The molecule has 1 amide bonds. The van der Waals surface area contributed by atoms with E-state index in [4.69, 9.17) is 14.5 Å². The molecule has 2 aliphatic heterocycles. The zero-order valence-corrected chi connectivity index (χ0v) is 18.6. The Labute approximate surface area is 182 Å². The highest BCUT2D eigenvalue weighted by Gasteiger charge is 2.27. The minimum atomic E-state index is 0.0353. The van der Waals surface area contributed by atoms with Gasteiger partial charge in [-0.3, -0.25) is 9.69 Å². The average molecular weight is 433 g/mol. The zero-order chi connectivity index (χ0) is 20.8. The molecule has 2 aromatic rings. The highest BCUT2D eigenvalue weighted by molar-refractivity contribution is 7.22. The van der Waals surface area contributed by atoms with Crippen LogP contribution in [0.3, 0.4) is 0 Å². The lowest BCUT2D eigenvalue weighted by atomic mass is 9.97. The highest BCUT2D eigenvalue weighted by Crippen LogP contribution is 2.33. The fraction of sp³-hybridized carbons (Fsp3) is 0.636. The van der Waals surface area contributed by atoms with E-state index in [1.54, 1.807) is 11.3 Å². The first kappa shape index (κ1) is 21.3. The summed E-state index contributed by atoms with van der Waals surface area (Å²) < 4.78 is 12.1. The van der Waals surface area contributed by atoms with Gasteiger partial charge < -0.3 is 19.7 Å². The molecule has 0 radical (unpaired) electrons. The summed E-state index contributed by atoms with van der Waals surface area (Å²) in [5, 5.41) is 4.16. The summed E-state index contributed by atoms with van der Waals surface area (Å²) in [6, 6.07) is 6.05. The van der Waals surface area contributed by atoms with Gasteiger partial charge in [0.25, 0.3) is 0 Å². The summed E-state index contributed by atoms with van der Waals surface area (Å²) in [5.41, 5.74) is 0.994. The van der Waals surface area contributed by atoms with Crippen molar-refractivity contribution < 1.29 is 14.3 Å². The molecule has 0 bridgehead atoms. The van der Waals surface area contributed by atoms with Crippen molar-refractivity contribution in [2.24, 2.45) is 5.92 Å². The van der Waals surface area contributed by atoms with Gasteiger partial charge in [0.15, 0.2) is 5.13 Å². The summed E-state index contributed by atoms with van der Waals surface area (Å²) in [4.78, 5) is 22.2. The van der Waals surface area contributed by atoms with Crippen molar-refractivity contribution in [1.29, 1.82) is 0 Å². The number of nitrogens with zero attached hydrogens (tertiary/aromatic N) is 3. The number of amides is 1. The van der Waals surface area contributed by atoms with Gasteiger partial charge in [-0.05, 0) is 50.9 Å². The van der Waals surface area contributed by atoms with E-state index in [2.05, 4.69) is 21.2 Å². The third kappa shape index (κ3) is 5.42. The van der Waals surface area contributed by atoms with Gasteiger partial charge in [0.05, 0.1) is 36.0 Å². The maximum Gasteiger partial charge on any atom is 0.224 e. The van der Waals surface area contributed by atoms with Gasteiger partial charge in [-0.25, -0.2) is 4.98 Å². The number of morpholine rings is 1. The maximum atomic E-state index is 12.7. The van der Waals surface area contributed by atoms with Crippen LogP contribution in [0.15, 0.2) is 18.2 Å². The number of benzene rings is 1. The second-order valence-electron chi connectivity index (χ2n) is 7.94. The zero-order valence-electron chi connectivity index (χ0n) is 17.8. The van der Waals surface area contributed by atoms with Crippen LogP contribution in [0.1, 0.15) is 26.2 Å². The van der Waals surface area contributed by atoms with Crippen LogP contribution >= 0.6 is 11.3 Å². The number of aromatic nitrogens is 1. The summed E-state index contributed by atoms with van der Waals surface area (Å²) in [5.74, 6) is 1.10. The Morgan fingerprint density at radius 2 is 2.20 bits per heavy atom. The number of carbonyl (C=O) groups is 1. The van der Waals surface area contributed by atoms with Crippen LogP contribution in [-0.4, -0.2) is 74.9 Å². The van der Waals surface area contributed by atoms with E-state index in [9.17, 15) is 4.79 Å². The quantitative estimate of drug-likeness (QED) is 0.647. The average Bonchev–Trinajstić information content (AvgIpc) is 3.21. The Morgan fingerprint density at radius 1 is 1.33 bits per heavy atom. The molecule has 3 heterocycles. The predicted molar refractivity (Wildman–Crippen MR) is 121 cm³/mol. The summed E-state index contributed by atoms with van der Waals surface area (Å²) in [6.45, 7) is 9.76. The molecule has 2 saturated heterocycles. The van der Waals surface area contributed by atoms with E-state index in [0.717, 1.165) is 92.8 Å². The number of carbonyl (C=O) groups excluding carboxylic acids is 1. The highest BCUT2D eigenvalue weighted by atomic mass is 32.1. The number of hydrogen-bond donors (Lipinski definition) is 1. The van der Waals surface area contributed by atoms with E-state index >= 15 is 0 Å². The summed E-state index contributed by atoms with van der Waals surface area (Å²) >= 11 is 1.68. The van der Waals surface area contributed by atoms with E-state index < -0.39 is 0 Å². The molecule has 1 N–H and O–H groups in total. The molecular weight excluding hydrogens is 400 g/mol. The van der Waals surface area contributed by atoms with Gasteiger partial charge in [-0.15, -0.1) is 0 Å². The van der Waals surface area contributed by atoms with E-state index in [0.29, 0.717) is 6.61 Å². The molecule has 0 spiro atoms. The molecule has 30 heavy (non-hydrogen) atoms. The number of anilines is 1. The predicted octanol–water partition coefficient (Wildman–Crippen LogP) is 2.75. The molecule has 1 aromatic heterocycles. The van der Waals surface area contributed by atoms with E-state index in [1.165, 1.54) is 0 Å². The maximum absolute atomic E-state index is 12.7. The number of nitrogens with one attached hydrogen (secondary N) is 1. The second-order valence-corrected chi connectivity index (χ2v) is 8.95. The molecule has 7 nitrogen and oxygen atoms in total. The Bertz CT molecular complexity index is 837. The van der Waals surface area contributed by atoms with Gasteiger partial charge >= 0.3 is 0 Å². The van der Waals surface area contributed by atoms with Crippen LogP contribution < -0.4 is 15.0 Å². The third-order valence-electron chi connectivity index (χ3n) is 5.78. The molecule has 0 unspecified atom stereocenters. The Balaban J connectivity index is 1.28. The van der Waals surface area contributed by atoms with Gasteiger partial charge in [0.1, 0.15) is 5.75 Å². The standard InChI is InChI=1S/C22H32N4O3S/c1-2-29-18-6-7-19-20(15-18)30-22(24-19)26-10-3-5-17(16-26)21(27)23-8-4-9-25-11-13-28-14-12-25/h6-7,15,17H,2-5,8-14,16H2,1H3,(H,23,27)/t17-/m1/s1. The molecule has 1 atom stereocenters. The van der Waals surface area contributed by atoms with Gasteiger partial charge in [0.2, 0.25) is 5.91 Å². The topological polar surface area (TPSA) is 66.9 Å². The number of hydrogen-bond acceptors (Lipinski definition) is 7. The molecule has 0 saturated carbocycles. The number of fused-ring (bicyclic) bond motifs is 1. The monoisotopic (exact) mass is 432 g/mol. The lowest BCUT2D eigenvalue weighted by Gasteiger charge is -2.32. The molecule has 8 heteroatoms. The van der Waals surface area contributed by atoms with Crippen LogP contribution in [0, 0.1) is 5.92 Å². The first-order valence-corrected chi connectivity index (χ1v) is 11.9. The number of ether oxygens (including phenoxy) is 2. The second kappa shape index (κ2) is 10.4. The smallest absolute Gasteiger partial charge is 0.224 e. The van der Waals surface area contributed by atoms with Gasteiger partial charge in [0, 0.05) is 32.7 Å². The molecule has 1 aromatic carbocycles. The van der Waals surface area contributed by atoms with E-state index in [-0.39, 0.29) is 11.8 Å².